The average Bonchev–Trinajstić information content (AvgIpc) is 2.40. The summed E-state index contributed by atoms with van der Waals surface area (Å²) in [5.41, 5.74) is 7.41. The predicted octanol–water partition coefficient (Wildman–Crippen LogP) is 1.81. The molecule has 0 aliphatic heterocycles. The third kappa shape index (κ3) is 3.82. The van der Waals surface area contributed by atoms with E-state index < -0.39 is 0 Å². The summed E-state index contributed by atoms with van der Waals surface area (Å²) in [7, 11) is 0. The number of benzene rings is 1. The van der Waals surface area contributed by atoms with Crippen LogP contribution in [0.2, 0.25) is 0 Å². The Bertz CT molecular complexity index is 371. The van der Waals surface area contributed by atoms with Crippen molar-refractivity contribution < 1.29 is 4.79 Å². The molecule has 1 amide bonds. The second-order valence-electron chi connectivity index (χ2n) is 4.29. The number of nitrogens with zero attached hydrogens (tertiary/aromatic N) is 1. The third-order valence-corrected chi connectivity index (χ3v) is 3.20. The van der Waals surface area contributed by atoms with E-state index in [1.54, 1.807) is 0 Å². The van der Waals surface area contributed by atoms with Crippen LogP contribution in [0, 0.1) is 0 Å². The predicted molar refractivity (Wildman–Crippen MR) is 75.3 cm³/mol. The van der Waals surface area contributed by atoms with Gasteiger partial charge in [-0.15, -0.1) is 0 Å². The smallest absolute Gasteiger partial charge is 0.241 e. The standard InChI is InChI=1S/C14H23N3O/c1-4-17(5-2)11(3)14(18)16-13-8-6-12(10-15)7-9-13/h6-9,11H,4-5,10,15H2,1-3H3,(H,16,18). The van der Waals surface area contributed by atoms with Crippen molar-refractivity contribution in [2.45, 2.75) is 33.4 Å². The van der Waals surface area contributed by atoms with Crippen molar-refractivity contribution >= 4 is 11.6 Å². The Hall–Kier alpha value is -1.39. The lowest BCUT2D eigenvalue weighted by atomic mass is 10.2. The zero-order valence-electron chi connectivity index (χ0n) is 11.4. The van der Waals surface area contributed by atoms with Crippen LogP contribution in [-0.2, 0) is 11.3 Å². The molecule has 1 atom stereocenters. The van der Waals surface area contributed by atoms with Gasteiger partial charge in [0.05, 0.1) is 6.04 Å². The van der Waals surface area contributed by atoms with E-state index in [0.717, 1.165) is 24.3 Å². The van der Waals surface area contributed by atoms with Gasteiger partial charge in [0.2, 0.25) is 5.91 Å². The second kappa shape index (κ2) is 7.13. The van der Waals surface area contributed by atoms with Crippen LogP contribution in [0.5, 0.6) is 0 Å². The van der Waals surface area contributed by atoms with Crippen molar-refractivity contribution in [3.63, 3.8) is 0 Å². The molecule has 0 bridgehead atoms. The monoisotopic (exact) mass is 249 g/mol. The van der Waals surface area contributed by atoms with E-state index in [1.165, 1.54) is 0 Å². The highest BCUT2D eigenvalue weighted by molar-refractivity contribution is 5.94. The first-order valence-corrected chi connectivity index (χ1v) is 6.46. The first-order chi connectivity index (χ1) is 8.62. The molecular weight excluding hydrogens is 226 g/mol. The number of hydrogen-bond donors (Lipinski definition) is 2. The largest absolute Gasteiger partial charge is 0.326 e. The van der Waals surface area contributed by atoms with Crippen LogP contribution in [-0.4, -0.2) is 29.9 Å². The lowest BCUT2D eigenvalue weighted by molar-refractivity contribution is -0.120. The first-order valence-electron chi connectivity index (χ1n) is 6.46. The van der Waals surface area contributed by atoms with Crippen LogP contribution in [0.15, 0.2) is 24.3 Å². The summed E-state index contributed by atoms with van der Waals surface area (Å²) in [6.45, 7) is 8.31. The fraction of sp³-hybridized carbons (Fsp3) is 0.500. The number of carbonyl (C=O) groups is 1. The Morgan fingerprint density at radius 3 is 2.28 bits per heavy atom. The Kier molecular flexibility index (Phi) is 5.82. The van der Waals surface area contributed by atoms with Crippen molar-refractivity contribution in [3.05, 3.63) is 29.8 Å². The molecule has 0 saturated carbocycles. The van der Waals surface area contributed by atoms with Gasteiger partial charge in [-0.1, -0.05) is 26.0 Å². The summed E-state index contributed by atoms with van der Waals surface area (Å²) in [5, 5.41) is 2.92. The maximum absolute atomic E-state index is 12.0. The molecule has 0 heterocycles. The third-order valence-electron chi connectivity index (χ3n) is 3.20. The van der Waals surface area contributed by atoms with Gasteiger partial charge in [-0.2, -0.15) is 0 Å². The molecule has 1 rings (SSSR count). The van der Waals surface area contributed by atoms with Gasteiger partial charge >= 0.3 is 0 Å². The van der Waals surface area contributed by atoms with Crippen LogP contribution >= 0.6 is 0 Å². The molecule has 4 heteroatoms. The molecule has 100 valence electrons. The fourth-order valence-electron chi connectivity index (χ4n) is 1.91. The van der Waals surface area contributed by atoms with Gasteiger partial charge in [0.25, 0.3) is 0 Å². The zero-order valence-corrected chi connectivity index (χ0v) is 11.4. The normalized spacial score (nSPS) is 12.5. The fourth-order valence-corrected chi connectivity index (χ4v) is 1.91. The summed E-state index contributed by atoms with van der Waals surface area (Å²) in [6.07, 6.45) is 0. The van der Waals surface area contributed by atoms with Gasteiger partial charge in [-0.3, -0.25) is 9.69 Å². The van der Waals surface area contributed by atoms with Crippen LogP contribution in [0.3, 0.4) is 0 Å². The highest BCUT2D eigenvalue weighted by Gasteiger charge is 2.18. The van der Waals surface area contributed by atoms with Crippen molar-refractivity contribution in [2.75, 3.05) is 18.4 Å². The molecule has 0 aliphatic carbocycles. The van der Waals surface area contributed by atoms with Gasteiger partial charge in [0.1, 0.15) is 0 Å². The summed E-state index contributed by atoms with van der Waals surface area (Å²) in [4.78, 5) is 14.2. The molecule has 18 heavy (non-hydrogen) atoms. The maximum Gasteiger partial charge on any atom is 0.241 e. The van der Waals surface area contributed by atoms with E-state index in [-0.39, 0.29) is 11.9 Å². The molecule has 0 aliphatic rings. The molecule has 1 aromatic carbocycles. The maximum atomic E-state index is 12.0. The molecule has 0 aromatic heterocycles. The van der Waals surface area contributed by atoms with E-state index in [2.05, 4.69) is 24.1 Å². The topological polar surface area (TPSA) is 58.4 Å². The molecule has 4 nitrogen and oxygen atoms in total. The average molecular weight is 249 g/mol. The Labute approximate surface area is 109 Å². The summed E-state index contributed by atoms with van der Waals surface area (Å²) in [5.74, 6) is 0.0270. The van der Waals surface area contributed by atoms with Crippen LogP contribution in [0.4, 0.5) is 5.69 Å². The molecule has 3 N–H and O–H groups in total. The van der Waals surface area contributed by atoms with Gasteiger partial charge in [0, 0.05) is 12.2 Å². The SMILES string of the molecule is CCN(CC)C(C)C(=O)Nc1ccc(CN)cc1. The lowest BCUT2D eigenvalue weighted by Gasteiger charge is -2.25. The number of hydrogen-bond acceptors (Lipinski definition) is 3. The van der Waals surface area contributed by atoms with Crippen molar-refractivity contribution in [3.8, 4) is 0 Å². The molecule has 0 saturated heterocycles. The summed E-state index contributed by atoms with van der Waals surface area (Å²) < 4.78 is 0. The molecule has 1 aromatic rings. The molecular formula is C14H23N3O. The minimum Gasteiger partial charge on any atom is -0.326 e. The highest BCUT2D eigenvalue weighted by atomic mass is 16.2. The molecule has 0 fully saturated rings. The van der Waals surface area contributed by atoms with Gasteiger partial charge in [-0.05, 0) is 37.7 Å². The van der Waals surface area contributed by atoms with Crippen molar-refractivity contribution in [1.82, 2.24) is 4.90 Å². The number of anilines is 1. The number of rotatable bonds is 6. The highest BCUT2D eigenvalue weighted by Crippen LogP contribution is 2.10. The van der Waals surface area contributed by atoms with Gasteiger partial charge in [-0.25, -0.2) is 0 Å². The zero-order chi connectivity index (χ0) is 13.5. The van der Waals surface area contributed by atoms with Crippen molar-refractivity contribution in [1.29, 1.82) is 0 Å². The number of carbonyl (C=O) groups excluding carboxylic acids is 1. The van der Waals surface area contributed by atoms with E-state index in [4.69, 9.17) is 5.73 Å². The minimum absolute atomic E-state index is 0.0270. The van der Waals surface area contributed by atoms with Crippen LogP contribution in [0.25, 0.3) is 0 Å². The molecule has 0 radical (unpaired) electrons. The number of likely N-dealkylation sites (N-methyl/N-ethyl adjacent to an activating group) is 1. The van der Waals surface area contributed by atoms with Crippen LogP contribution in [0.1, 0.15) is 26.3 Å². The summed E-state index contributed by atoms with van der Waals surface area (Å²) >= 11 is 0. The Morgan fingerprint density at radius 2 is 1.83 bits per heavy atom. The van der Waals surface area contributed by atoms with E-state index in [9.17, 15) is 4.79 Å². The van der Waals surface area contributed by atoms with E-state index in [0.29, 0.717) is 6.54 Å². The first kappa shape index (κ1) is 14.7. The summed E-state index contributed by atoms with van der Waals surface area (Å²) in [6, 6.07) is 7.51. The van der Waals surface area contributed by atoms with E-state index >= 15 is 0 Å². The second-order valence-corrected chi connectivity index (χ2v) is 4.29. The van der Waals surface area contributed by atoms with Gasteiger partial charge < -0.3 is 11.1 Å². The van der Waals surface area contributed by atoms with E-state index in [1.807, 2.05) is 31.2 Å². The van der Waals surface area contributed by atoms with Gasteiger partial charge in [0.15, 0.2) is 0 Å². The Balaban J connectivity index is 2.62. The molecule has 1 unspecified atom stereocenters. The minimum atomic E-state index is -0.116. The number of nitrogens with two attached hydrogens (primary N) is 1. The van der Waals surface area contributed by atoms with Crippen molar-refractivity contribution in [2.24, 2.45) is 5.73 Å². The lowest BCUT2D eigenvalue weighted by Crippen LogP contribution is -2.41. The molecule has 0 spiro atoms. The number of nitrogens with one attached hydrogen (secondary N) is 1. The number of amides is 1. The van der Waals surface area contributed by atoms with Crippen LogP contribution < -0.4 is 11.1 Å². The Morgan fingerprint density at radius 1 is 1.28 bits per heavy atom. The quantitative estimate of drug-likeness (QED) is 0.808.